The normalized spacial score (nSPS) is 9.79. The van der Waals surface area contributed by atoms with E-state index in [9.17, 15) is 4.79 Å². The molecule has 14 heavy (non-hydrogen) atoms. The molecule has 0 bridgehead atoms. The minimum absolute atomic E-state index is 0.206. The highest BCUT2D eigenvalue weighted by atomic mass is 35.5. The van der Waals surface area contributed by atoms with Gasteiger partial charge in [0, 0.05) is 5.56 Å². The number of fused-ring (bicyclic) bond motifs is 1. The second-order valence-electron chi connectivity index (χ2n) is 2.77. The standard InChI is InChI=1S/C10H7ClN2O/c11-5-1-2-7-3-4-8-9(6-7)13-10(14)12-8/h3-4,6H,5H2,(H2,12,13,14). The van der Waals surface area contributed by atoms with Crippen LogP contribution < -0.4 is 5.69 Å². The fraction of sp³-hybridized carbons (Fsp3) is 0.100. The van der Waals surface area contributed by atoms with Gasteiger partial charge in [0.25, 0.3) is 0 Å². The van der Waals surface area contributed by atoms with Crippen molar-refractivity contribution in [1.29, 1.82) is 0 Å². The number of hydrogen-bond donors (Lipinski definition) is 2. The van der Waals surface area contributed by atoms with E-state index in [1.54, 1.807) is 0 Å². The predicted octanol–water partition coefficient (Wildman–Crippen LogP) is 1.45. The molecule has 0 fully saturated rings. The van der Waals surface area contributed by atoms with Gasteiger partial charge in [0.1, 0.15) is 0 Å². The molecule has 1 heterocycles. The first-order valence-corrected chi connectivity index (χ1v) is 4.60. The van der Waals surface area contributed by atoms with Gasteiger partial charge in [-0.1, -0.05) is 11.8 Å². The molecule has 3 nitrogen and oxygen atoms in total. The summed E-state index contributed by atoms with van der Waals surface area (Å²) in [5.74, 6) is 5.93. The maximum atomic E-state index is 10.9. The van der Waals surface area contributed by atoms with Crippen molar-refractivity contribution in [3.63, 3.8) is 0 Å². The van der Waals surface area contributed by atoms with E-state index < -0.39 is 0 Å². The maximum absolute atomic E-state index is 10.9. The molecule has 1 aromatic heterocycles. The van der Waals surface area contributed by atoms with E-state index in [-0.39, 0.29) is 5.69 Å². The molecule has 4 heteroatoms. The smallest absolute Gasteiger partial charge is 0.306 e. The molecule has 0 saturated heterocycles. The van der Waals surface area contributed by atoms with E-state index in [0.717, 1.165) is 16.6 Å². The molecular formula is C10H7ClN2O. The van der Waals surface area contributed by atoms with Crippen LogP contribution >= 0.6 is 11.6 Å². The molecule has 0 unspecified atom stereocenters. The van der Waals surface area contributed by atoms with Gasteiger partial charge in [-0.3, -0.25) is 0 Å². The summed E-state index contributed by atoms with van der Waals surface area (Å²) in [6.07, 6.45) is 0. The molecule has 0 radical (unpaired) electrons. The lowest BCUT2D eigenvalue weighted by Crippen LogP contribution is -1.99. The van der Waals surface area contributed by atoms with Crippen molar-refractivity contribution in [3.8, 4) is 11.8 Å². The Kier molecular flexibility index (Phi) is 2.30. The SMILES string of the molecule is O=c1[nH]c2ccc(C#CCCl)cc2[nH]1. The molecule has 2 rings (SSSR count). The minimum Gasteiger partial charge on any atom is -0.306 e. The number of hydrogen-bond acceptors (Lipinski definition) is 1. The minimum atomic E-state index is -0.206. The molecule has 2 N–H and O–H groups in total. The number of rotatable bonds is 0. The van der Waals surface area contributed by atoms with Gasteiger partial charge in [-0.25, -0.2) is 4.79 Å². The Morgan fingerprint density at radius 3 is 2.86 bits per heavy atom. The number of nitrogens with one attached hydrogen (secondary N) is 2. The first kappa shape index (κ1) is 8.92. The third-order valence-electron chi connectivity index (χ3n) is 1.82. The molecule has 0 aliphatic rings. The monoisotopic (exact) mass is 206 g/mol. The van der Waals surface area contributed by atoms with Crippen LogP contribution in [0.3, 0.4) is 0 Å². The summed E-state index contributed by atoms with van der Waals surface area (Å²) >= 11 is 5.44. The van der Waals surface area contributed by atoms with Gasteiger partial charge < -0.3 is 9.97 Å². The molecule has 0 spiro atoms. The Hall–Kier alpha value is -1.66. The highest BCUT2D eigenvalue weighted by Crippen LogP contribution is 2.08. The van der Waals surface area contributed by atoms with Crippen molar-refractivity contribution in [3.05, 3.63) is 34.2 Å². The Labute approximate surface area is 85.1 Å². The van der Waals surface area contributed by atoms with Gasteiger partial charge in [0.15, 0.2) is 0 Å². The Morgan fingerprint density at radius 1 is 1.29 bits per heavy atom. The molecule has 0 aliphatic heterocycles. The van der Waals surface area contributed by atoms with E-state index in [0.29, 0.717) is 5.88 Å². The van der Waals surface area contributed by atoms with Crippen LogP contribution in [-0.2, 0) is 0 Å². The molecule has 2 aromatic rings. The first-order valence-electron chi connectivity index (χ1n) is 4.06. The molecule has 70 valence electrons. The van der Waals surface area contributed by atoms with Gasteiger partial charge in [-0.2, -0.15) is 0 Å². The van der Waals surface area contributed by atoms with E-state index in [1.807, 2.05) is 18.2 Å². The maximum Gasteiger partial charge on any atom is 0.323 e. The topological polar surface area (TPSA) is 48.6 Å². The number of aromatic amines is 2. The van der Waals surface area contributed by atoms with E-state index in [1.165, 1.54) is 0 Å². The fourth-order valence-corrected chi connectivity index (χ4v) is 1.31. The predicted molar refractivity (Wildman–Crippen MR) is 56.5 cm³/mol. The van der Waals surface area contributed by atoms with Crippen LogP contribution in [0, 0.1) is 11.8 Å². The largest absolute Gasteiger partial charge is 0.323 e. The van der Waals surface area contributed by atoms with Crippen LogP contribution in [0.5, 0.6) is 0 Å². The number of alkyl halides is 1. The second kappa shape index (κ2) is 3.60. The van der Waals surface area contributed by atoms with Crippen LogP contribution in [0.25, 0.3) is 11.0 Å². The molecule has 0 amide bonds. The third kappa shape index (κ3) is 1.66. The molecule has 1 aromatic carbocycles. The molecule has 0 saturated carbocycles. The Bertz CT molecular complexity index is 571. The summed E-state index contributed by atoms with van der Waals surface area (Å²) in [7, 11) is 0. The van der Waals surface area contributed by atoms with E-state index >= 15 is 0 Å². The van der Waals surface area contributed by atoms with Gasteiger partial charge in [-0.05, 0) is 18.2 Å². The van der Waals surface area contributed by atoms with Crippen molar-refractivity contribution in [2.75, 3.05) is 5.88 Å². The lowest BCUT2D eigenvalue weighted by Gasteiger charge is -1.89. The zero-order chi connectivity index (χ0) is 9.97. The highest BCUT2D eigenvalue weighted by Gasteiger charge is 1.97. The van der Waals surface area contributed by atoms with Gasteiger partial charge >= 0.3 is 5.69 Å². The fourth-order valence-electron chi connectivity index (χ4n) is 1.25. The summed E-state index contributed by atoms with van der Waals surface area (Å²) < 4.78 is 0. The van der Waals surface area contributed by atoms with Gasteiger partial charge in [0.05, 0.1) is 16.9 Å². The second-order valence-corrected chi connectivity index (χ2v) is 3.04. The first-order chi connectivity index (χ1) is 6.79. The summed E-state index contributed by atoms with van der Waals surface area (Å²) in [6.45, 7) is 0. The van der Waals surface area contributed by atoms with Crippen LogP contribution in [0.15, 0.2) is 23.0 Å². The van der Waals surface area contributed by atoms with Crippen molar-refractivity contribution in [2.24, 2.45) is 0 Å². The summed E-state index contributed by atoms with van der Waals surface area (Å²) in [5.41, 5.74) is 2.18. The van der Waals surface area contributed by atoms with Crippen molar-refractivity contribution < 1.29 is 0 Å². The van der Waals surface area contributed by atoms with E-state index in [4.69, 9.17) is 11.6 Å². The van der Waals surface area contributed by atoms with Gasteiger partial charge in [-0.15, -0.1) is 11.6 Å². The summed E-state index contributed by atoms with van der Waals surface area (Å²) in [4.78, 5) is 16.3. The average Bonchev–Trinajstić information content (AvgIpc) is 2.54. The highest BCUT2D eigenvalue weighted by molar-refractivity contribution is 6.19. The Morgan fingerprint density at radius 2 is 2.07 bits per heavy atom. The zero-order valence-corrected chi connectivity index (χ0v) is 7.98. The van der Waals surface area contributed by atoms with Crippen molar-refractivity contribution >= 4 is 22.6 Å². The van der Waals surface area contributed by atoms with Crippen LogP contribution in [0.4, 0.5) is 0 Å². The molecular weight excluding hydrogens is 200 g/mol. The third-order valence-corrected chi connectivity index (χ3v) is 1.95. The van der Waals surface area contributed by atoms with Crippen LogP contribution in [-0.4, -0.2) is 15.8 Å². The number of imidazole rings is 1. The number of aromatic nitrogens is 2. The molecule has 0 aliphatic carbocycles. The summed E-state index contributed by atoms with van der Waals surface area (Å²) in [5, 5.41) is 0. The van der Waals surface area contributed by atoms with Gasteiger partial charge in [0.2, 0.25) is 0 Å². The molecule has 0 atom stereocenters. The zero-order valence-electron chi connectivity index (χ0n) is 7.23. The number of benzene rings is 1. The quantitative estimate of drug-likeness (QED) is 0.498. The average molecular weight is 207 g/mol. The van der Waals surface area contributed by atoms with E-state index in [2.05, 4.69) is 21.8 Å². The lowest BCUT2D eigenvalue weighted by molar-refractivity contribution is 1.21. The van der Waals surface area contributed by atoms with Crippen molar-refractivity contribution in [2.45, 2.75) is 0 Å². The lowest BCUT2D eigenvalue weighted by atomic mass is 10.2. The Balaban J connectivity index is 2.55. The van der Waals surface area contributed by atoms with Crippen LogP contribution in [0.2, 0.25) is 0 Å². The summed E-state index contributed by atoms with van der Waals surface area (Å²) in [6, 6.07) is 5.46. The van der Waals surface area contributed by atoms with Crippen LogP contribution in [0.1, 0.15) is 5.56 Å². The number of halogens is 1. The number of H-pyrrole nitrogens is 2. The van der Waals surface area contributed by atoms with Crippen molar-refractivity contribution in [1.82, 2.24) is 9.97 Å².